The van der Waals surface area contributed by atoms with Crippen LogP contribution in [0.3, 0.4) is 0 Å². The van der Waals surface area contributed by atoms with Gasteiger partial charge in [-0.15, -0.1) is 0 Å². The predicted molar refractivity (Wildman–Crippen MR) is 73.6 cm³/mol. The maximum atomic E-state index is 12.1. The van der Waals surface area contributed by atoms with E-state index < -0.39 is 12.0 Å². The monoisotopic (exact) mass is 268 g/mol. The Bertz CT molecular complexity index is 364. The van der Waals surface area contributed by atoms with E-state index in [9.17, 15) is 9.59 Å². The molecule has 0 aromatic rings. The Balaban J connectivity index is 2.55. The highest BCUT2D eigenvalue weighted by atomic mass is 16.4. The van der Waals surface area contributed by atoms with Crippen molar-refractivity contribution in [1.82, 2.24) is 10.2 Å². The molecule has 2 N–H and O–H groups in total. The molecule has 0 saturated heterocycles. The Morgan fingerprint density at radius 2 is 2.16 bits per heavy atom. The van der Waals surface area contributed by atoms with Gasteiger partial charge >= 0.3 is 5.97 Å². The van der Waals surface area contributed by atoms with Crippen LogP contribution in [0, 0.1) is 5.92 Å². The van der Waals surface area contributed by atoms with Crippen molar-refractivity contribution in [3.05, 3.63) is 11.8 Å². The lowest BCUT2D eigenvalue weighted by atomic mass is 10.1. The highest BCUT2D eigenvalue weighted by molar-refractivity contribution is 5.81. The summed E-state index contributed by atoms with van der Waals surface area (Å²) in [6.45, 7) is 6.29. The standard InChI is InChI=1S/C14H24N2O3/c1-4-16(11-7-5-6-8-11)12(17)9-15-13(10(2)3)14(18)19/h7,10,13,15H,4-6,8-9H2,1-3H3,(H,18,19). The molecular weight excluding hydrogens is 244 g/mol. The van der Waals surface area contributed by atoms with Gasteiger partial charge in [-0.2, -0.15) is 0 Å². The number of hydrogen-bond acceptors (Lipinski definition) is 3. The lowest BCUT2D eigenvalue weighted by Gasteiger charge is -2.24. The second-order valence-electron chi connectivity index (χ2n) is 5.17. The molecule has 0 aromatic heterocycles. The zero-order valence-electron chi connectivity index (χ0n) is 12.0. The topological polar surface area (TPSA) is 69.6 Å². The molecule has 1 unspecified atom stereocenters. The molecular formula is C14H24N2O3. The summed E-state index contributed by atoms with van der Waals surface area (Å²) in [5.41, 5.74) is 1.07. The third-order valence-electron chi connectivity index (χ3n) is 3.39. The predicted octanol–water partition coefficient (Wildman–Crippen LogP) is 1.60. The number of rotatable bonds is 7. The second kappa shape index (κ2) is 7.28. The number of likely N-dealkylation sites (N-methyl/N-ethyl adjacent to an activating group) is 1. The molecule has 1 aliphatic rings. The number of hydrogen-bond donors (Lipinski definition) is 2. The number of carboxylic acids is 1. The zero-order valence-corrected chi connectivity index (χ0v) is 12.0. The fourth-order valence-corrected chi connectivity index (χ4v) is 2.34. The van der Waals surface area contributed by atoms with Crippen molar-refractivity contribution in [2.24, 2.45) is 5.92 Å². The molecule has 1 atom stereocenters. The summed E-state index contributed by atoms with van der Waals surface area (Å²) >= 11 is 0. The molecule has 1 rings (SSSR count). The van der Waals surface area contributed by atoms with Crippen LogP contribution < -0.4 is 5.32 Å². The molecule has 5 heteroatoms. The molecule has 0 aromatic carbocycles. The highest BCUT2D eigenvalue weighted by Crippen LogP contribution is 2.21. The van der Waals surface area contributed by atoms with Gasteiger partial charge in [0, 0.05) is 12.2 Å². The number of nitrogens with zero attached hydrogens (tertiary/aromatic N) is 1. The third kappa shape index (κ3) is 4.35. The summed E-state index contributed by atoms with van der Waals surface area (Å²) in [6, 6.07) is -0.680. The quantitative estimate of drug-likeness (QED) is 0.736. The van der Waals surface area contributed by atoms with Crippen LogP contribution in [-0.4, -0.2) is 41.0 Å². The van der Waals surface area contributed by atoms with Gasteiger partial charge < -0.3 is 10.0 Å². The highest BCUT2D eigenvalue weighted by Gasteiger charge is 2.24. The first kappa shape index (κ1) is 15.7. The first-order valence-electron chi connectivity index (χ1n) is 6.93. The Kier molecular flexibility index (Phi) is 6.02. The van der Waals surface area contributed by atoms with Crippen LogP contribution in [0.5, 0.6) is 0 Å². The summed E-state index contributed by atoms with van der Waals surface area (Å²) in [4.78, 5) is 24.9. The van der Waals surface area contributed by atoms with Gasteiger partial charge in [-0.3, -0.25) is 14.9 Å². The molecule has 108 valence electrons. The van der Waals surface area contributed by atoms with E-state index in [1.165, 1.54) is 0 Å². The van der Waals surface area contributed by atoms with Gasteiger partial charge in [0.05, 0.1) is 6.54 Å². The molecule has 1 aliphatic carbocycles. The van der Waals surface area contributed by atoms with Crippen LogP contribution in [0.1, 0.15) is 40.0 Å². The lowest BCUT2D eigenvalue weighted by molar-refractivity contribution is -0.140. The van der Waals surface area contributed by atoms with Gasteiger partial charge in [-0.1, -0.05) is 19.9 Å². The summed E-state index contributed by atoms with van der Waals surface area (Å²) in [7, 11) is 0. The Morgan fingerprint density at radius 1 is 1.47 bits per heavy atom. The number of allylic oxidation sites excluding steroid dienone is 2. The van der Waals surface area contributed by atoms with Crippen molar-refractivity contribution in [1.29, 1.82) is 0 Å². The van der Waals surface area contributed by atoms with Crippen molar-refractivity contribution in [3.63, 3.8) is 0 Å². The minimum Gasteiger partial charge on any atom is -0.480 e. The summed E-state index contributed by atoms with van der Waals surface area (Å²) in [5.74, 6) is -1.01. The fourth-order valence-electron chi connectivity index (χ4n) is 2.34. The SMILES string of the molecule is CCN(C(=O)CNC(C(=O)O)C(C)C)C1=CCCC1. The van der Waals surface area contributed by atoms with E-state index in [0.29, 0.717) is 6.54 Å². The Morgan fingerprint density at radius 3 is 2.58 bits per heavy atom. The van der Waals surface area contributed by atoms with Crippen LogP contribution in [0.15, 0.2) is 11.8 Å². The average Bonchev–Trinajstić information content (AvgIpc) is 2.82. The molecule has 1 amide bonds. The van der Waals surface area contributed by atoms with Crippen LogP contribution in [0.25, 0.3) is 0 Å². The van der Waals surface area contributed by atoms with E-state index in [1.54, 1.807) is 4.90 Å². The summed E-state index contributed by atoms with van der Waals surface area (Å²) in [6.07, 6.45) is 5.15. The molecule has 0 fully saturated rings. The van der Waals surface area contributed by atoms with Crippen LogP contribution in [-0.2, 0) is 9.59 Å². The van der Waals surface area contributed by atoms with Gasteiger partial charge in [0.2, 0.25) is 5.91 Å². The number of carbonyl (C=O) groups excluding carboxylic acids is 1. The van der Waals surface area contributed by atoms with Crippen molar-refractivity contribution in [2.45, 2.75) is 46.1 Å². The van der Waals surface area contributed by atoms with E-state index in [1.807, 2.05) is 20.8 Å². The van der Waals surface area contributed by atoms with Crippen molar-refractivity contribution < 1.29 is 14.7 Å². The molecule has 0 heterocycles. The number of amides is 1. The molecule has 0 radical (unpaired) electrons. The smallest absolute Gasteiger partial charge is 0.320 e. The number of aliphatic carboxylic acids is 1. The van der Waals surface area contributed by atoms with Gasteiger partial charge in [-0.25, -0.2) is 0 Å². The second-order valence-corrected chi connectivity index (χ2v) is 5.17. The van der Waals surface area contributed by atoms with Crippen LogP contribution in [0.4, 0.5) is 0 Å². The van der Waals surface area contributed by atoms with Gasteiger partial charge in [-0.05, 0) is 32.1 Å². The molecule has 0 saturated carbocycles. The molecule has 19 heavy (non-hydrogen) atoms. The van der Waals surface area contributed by atoms with Gasteiger partial charge in [0.1, 0.15) is 6.04 Å². The minimum absolute atomic E-state index is 0.0499. The molecule has 0 bridgehead atoms. The van der Waals surface area contributed by atoms with Crippen molar-refractivity contribution in [2.75, 3.05) is 13.1 Å². The van der Waals surface area contributed by atoms with Gasteiger partial charge in [0.25, 0.3) is 0 Å². The largest absolute Gasteiger partial charge is 0.480 e. The molecule has 5 nitrogen and oxygen atoms in total. The zero-order chi connectivity index (χ0) is 14.4. The Hall–Kier alpha value is -1.36. The summed E-state index contributed by atoms with van der Waals surface area (Å²) < 4.78 is 0. The van der Waals surface area contributed by atoms with Crippen molar-refractivity contribution >= 4 is 11.9 Å². The summed E-state index contributed by atoms with van der Waals surface area (Å²) in [5, 5.41) is 11.9. The van der Waals surface area contributed by atoms with E-state index >= 15 is 0 Å². The number of carbonyl (C=O) groups is 2. The van der Waals surface area contributed by atoms with E-state index in [0.717, 1.165) is 25.0 Å². The fraction of sp³-hybridized carbons (Fsp3) is 0.714. The van der Waals surface area contributed by atoms with E-state index in [4.69, 9.17) is 5.11 Å². The maximum absolute atomic E-state index is 12.1. The Labute approximate surface area is 114 Å². The number of nitrogens with one attached hydrogen (secondary N) is 1. The lowest BCUT2D eigenvalue weighted by Crippen LogP contribution is -2.46. The number of carboxylic acid groups (broad SMARTS) is 1. The van der Waals surface area contributed by atoms with Crippen molar-refractivity contribution in [3.8, 4) is 0 Å². The van der Waals surface area contributed by atoms with E-state index in [2.05, 4.69) is 11.4 Å². The maximum Gasteiger partial charge on any atom is 0.320 e. The third-order valence-corrected chi connectivity index (χ3v) is 3.39. The average molecular weight is 268 g/mol. The molecule has 0 spiro atoms. The van der Waals surface area contributed by atoms with Crippen LogP contribution in [0.2, 0.25) is 0 Å². The molecule has 0 aliphatic heterocycles. The normalized spacial score (nSPS) is 16.3. The van der Waals surface area contributed by atoms with E-state index in [-0.39, 0.29) is 18.4 Å². The minimum atomic E-state index is -0.911. The first-order chi connectivity index (χ1) is 8.97. The van der Waals surface area contributed by atoms with Gasteiger partial charge in [0.15, 0.2) is 0 Å². The first-order valence-corrected chi connectivity index (χ1v) is 6.93. The van der Waals surface area contributed by atoms with Crippen LogP contribution >= 0.6 is 0 Å².